The van der Waals surface area contributed by atoms with E-state index >= 15 is 0 Å². The Labute approximate surface area is 111 Å². The van der Waals surface area contributed by atoms with Crippen molar-refractivity contribution in [1.29, 1.82) is 0 Å². The van der Waals surface area contributed by atoms with Crippen LogP contribution in [-0.2, 0) is 4.79 Å². The van der Waals surface area contributed by atoms with Crippen molar-refractivity contribution in [2.24, 2.45) is 0 Å². The Balaban J connectivity index is 1.73. The van der Waals surface area contributed by atoms with Crippen molar-refractivity contribution in [2.75, 3.05) is 33.2 Å². The predicted octanol–water partition coefficient (Wildman–Crippen LogP) is 1.07. The van der Waals surface area contributed by atoms with Crippen LogP contribution < -0.4 is 5.32 Å². The van der Waals surface area contributed by atoms with E-state index in [0.717, 1.165) is 19.6 Å². The monoisotopic (exact) mass is 253 g/mol. The van der Waals surface area contributed by atoms with Gasteiger partial charge in [-0.05, 0) is 52.6 Å². The zero-order chi connectivity index (χ0) is 13.0. The number of nitrogens with one attached hydrogen (secondary N) is 1. The molecule has 2 atom stereocenters. The van der Waals surface area contributed by atoms with Crippen molar-refractivity contribution in [3.05, 3.63) is 0 Å². The lowest BCUT2D eigenvalue weighted by Crippen LogP contribution is -2.49. The fourth-order valence-corrected chi connectivity index (χ4v) is 3.03. The number of likely N-dealkylation sites (N-methyl/N-ethyl adjacent to an activating group) is 1. The Morgan fingerprint density at radius 1 is 1.22 bits per heavy atom. The molecule has 2 fully saturated rings. The SMILES string of the molecule is CC(NCC1CCCN1C)C(=O)N1CCCCC1. The minimum Gasteiger partial charge on any atom is -0.341 e. The smallest absolute Gasteiger partial charge is 0.239 e. The first kappa shape index (κ1) is 13.8. The summed E-state index contributed by atoms with van der Waals surface area (Å²) in [5, 5.41) is 3.42. The highest BCUT2D eigenvalue weighted by molar-refractivity contribution is 5.81. The lowest BCUT2D eigenvalue weighted by Gasteiger charge is -2.30. The van der Waals surface area contributed by atoms with E-state index in [1.54, 1.807) is 0 Å². The Morgan fingerprint density at radius 3 is 2.56 bits per heavy atom. The van der Waals surface area contributed by atoms with Gasteiger partial charge in [-0.25, -0.2) is 0 Å². The van der Waals surface area contributed by atoms with Crippen molar-refractivity contribution >= 4 is 5.91 Å². The molecule has 2 aliphatic rings. The van der Waals surface area contributed by atoms with E-state index in [4.69, 9.17) is 0 Å². The lowest BCUT2D eigenvalue weighted by atomic mass is 10.1. The van der Waals surface area contributed by atoms with Crippen LogP contribution in [0.5, 0.6) is 0 Å². The minimum absolute atomic E-state index is 0.0305. The van der Waals surface area contributed by atoms with Crippen LogP contribution in [0, 0.1) is 0 Å². The summed E-state index contributed by atoms with van der Waals surface area (Å²) < 4.78 is 0. The molecule has 2 saturated heterocycles. The molecular weight excluding hydrogens is 226 g/mol. The molecule has 0 saturated carbocycles. The largest absolute Gasteiger partial charge is 0.341 e. The van der Waals surface area contributed by atoms with Crippen molar-refractivity contribution in [3.63, 3.8) is 0 Å². The number of piperidine rings is 1. The molecule has 0 aromatic heterocycles. The van der Waals surface area contributed by atoms with Crippen LogP contribution in [-0.4, -0.2) is 61.0 Å². The number of carbonyl (C=O) groups is 1. The standard InChI is InChI=1S/C14H27N3O/c1-12(14(18)17-9-4-3-5-10-17)15-11-13-7-6-8-16(13)2/h12-13,15H,3-11H2,1-2H3. The van der Waals surface area contributed by atoms with Crippen molar-refractivity contribution in [3.8, 4) is 0 Å². The van der Waals surface area contributed by atoms with Crippen LogP contribution in [0.4, 0.5) is 0 Å². The Hall–Kier alpha value is -0.610. The molecule has 2 aliphatic heterocycles. The van der Waals surface area contributed by atoms with Gasteiger partial charge in [-0.15, -0.1) is 0 Å². The van der Waals surface area contributed by atoms with Gasteiger partial charge in [-0.3, -0.25) is 4.79 Å². The topological polar surface area (TPSA) is 35.6 Å². The van der Waals surface area contributed by atoms with Gasteiger partial charge in [0.25, 0.3) is 0 Å². The Kier molecular flexibility index (Phi) is 5.01. The average Bonchev–Trinajstić information content (AvgIpc) is 2.81. The normalized spacial score (nSPS) is 27.4. The number of likely N-dealkylation sites (tertiary alicyclic amines) is 2. The van der Waals surface area contributed by atoms with Gasteiger partial charge in [0, 0.05) is 25.7 Å². The van der Waals surface area contributed by atoms with Crippen LogP contribution in [0.3, 0.4) is 0 Å². The highest BCUT2D eigenvalue weighted by atomic mass is 16.2. The van der Waals surface area contributed by atoms with Crippen molar-refractivity contribution in [2.45, 2.75) is 51.1 Å². The van der Waals surface area contributed by atoms with Gasteiger partial charge >= 0.3 is 0 Å². The van der Waals surface area contributed by atoms with Crippen LogP contribution in [0.2, 0.25) is 0 Å². The summed E-state index contributed by atoms with van der Waals surface area (Å²) >= 11 is 0. The summed E-state index contributed by atoms with van der Waals surface area (Å²) in [6.07, 6.45) is 6.16. The maximum atomic E-state index is 12.2. The number of amides is 1. The van der Waals surface area contributed by atoms with E-state index in [9.17, 15) is 4.79 Å². The summed E-state index contributed by atoms with van der Waals surface area (Å²) in [5.74, 6) is 0.287. The van der Waals surface area contributed by atoms with Crippen LogP contribution in [0.1, 0.15) is 39.0 Å². The first-order chi connectivity index (χ1) is 8.68. The first-order valence-electron chi connectivity index (χ1n) is 7.41. The zero-order valence-corrected chi connectivity index (χ0v) is 11.8. The molecule has 0 aromatic carbocycles. The van der Waals surface area contributed by atoms with Crippen LogP contribution in [0.15, 0.2) is 0 Å². The van der Waals surface area contributed by atoms with Gasteiger partial charge < -0.3 is 15.1 Å². The molecule has 1 amide bonds. The lowest BCUT2D eigenvalue weighted by molar-refractivity contribution is -0.133. The average molecular weight is 253 g/mol. The Bertz CT molecular complexity index is 276. The third kappa shape index (κ3) is 3.45. The fraction of sp³-hybridized carbons (Fsp3) is 0.929. The van der Waals surface area contributed by atoms with E-state index in [-0.39, 0.29) is 11.9 Å². The molecule has 0 spiro atoms. The predicted molar refractivity (Wildman–Crippen MR) is 73.5 cm³/mol. The summed E-state index contributed by atoms with van der Waals surface area (Å²) in [6, 6.07) is 0.582. The van der Waals surface area contributed by atoms with Gasteiger partial charge in [0.15, 0.2) is 0 Å². The number of carbonyl (C=O) groups excluding carboxylic acids is 1. The maximum absolute atomic E-state index is 12.2. The minimum atomic E-state index is -0.0305. The molecule has 18 heavy (non-hydrogen) atoms. The Morgan fingerprint density at radius 2 is 1.94 bits per heavy atom. The summed E-state index contributed by atoms with van der Waals surface area (Å²) in [4.78, 5) is 16.7. The number of hydrogen-bond donors (Lipinski definition) is 1. The van der Waals surface area contributed by atoms with E-state index in [0.29, 0.717) is 6.04 Å². The molecule has 4 heteroatoms. The van der Waals surface area contributed by atoms with Crippen molar-refractivity contribution < 1.29 is 4.79 Å². The molecule has 2 unspecified atom stereocenters. The summed E-state index contributed by atoms with van der Waals surface area (Å²) in [5.41, 5.74) is 0. The molecule has 4 nitrogen and oxygen atoms in total. The molecule has 104 valence electrons. The number of hydrogen-bond acceptors (Lipinski definition) is 3. The second-order valence-corrected chi connectivity index (χ2v) is 5.79. The van der Waals surface area contributed by atoms with Crippen LogP contribution >= 0.6 is 0 Å². The van der Waals surface area contributed by atoms with Gasteiger partial charge in [0.1, 0.15) is 0 Å². The third-order valence-corrected chi connectivity index (χ3v) is 4.37. The van der Waals surface area contributed by atoms with E-state index in [1.807, 2.05) is 11.8 Å². The number of rotatable bonds is 4. The van der Waals surface area contributed by atoms with Crippen molar-refractivity contribution in [1.82, 2.24) is 15.1 Å². The van der Waals surface area contributed by atoms with E-state index in [1.165, 1.54) is 38.6 Å². The molecular formula is C14H27N3O. The molecule has 2 rings (SSSR count). The zero-order valence-electron chi connectivity index (χ0n) is 11.8. The molecule has 0 bridgehead atoms. The third-order valence-electron chi connectivity index (χ3n) is 4.37. The summed E-state index contributed by atoms with van der Waals surface area (Å²) in [7, 11) is 2.18. The second kappa shape index (κ2) is 6.53. The highest BCUT2D eigenvalue weighted by Crippen LogP contribution is 2.14. The maximum Gasteiger partial charge on any atom is 0.239 e. The second-order valence-electron chi connectivity index (χ2n) is 5.79. The molecule has 2 heterocycles. The molecule has 1 N–H and O–H groups in total. The van der Waals surface area contributed by atoms with Gasteiger partial charge in [-0.1, -0.05) is 0 Å². The fourth-order valence-electron chi connectivity index (χ4n) is 3.03. The molecule has 0 radical (unpaired) electrons. The molecule has 0 aliphatic carbocycles. The van der Waals surface area contributed by atoms with Gasteiger partial charge in [-0.2, -0.15) is 0 Å². The quantitative estimate of drug-likeness (QED) is 0.814. The van der Waals surface area contributed by atoms with E-state index in [2.05, 4.69) is 17.3 Å². The number of nitrogens with zero attached hydrogens (tertiary/aromatic N) is 2. The van der Waals surface area contributed by atoms with Gasteiger partial charge in [0.05, 0.1) is 6.04 Å². The summed E-state index contributed by atoms with van der Waals surface area (Å²) in [6.45, 7) is 6.05. The highest BCUT2D eigenvalue weighted by Gasteiger charge is 2.25. The van der Waals surface area contributed by atoms with E-state index < -0.39 is 0 Å². The molecule has 0 aromatic rings. The first-order valence-corrected chi connectivity index (χ1v) is 7.41. The van der Waals surface area contributed by atoms with Gasteiger partial charge in [0.2, 0.25) is 5.91 Å². The van der Waals surface area contributed by atoms with Crippen LogP contribution in [0.25, 0.3) is 0 Å².